The van der Waals surface area contributed by atoms with Crippen LogP contribution in [0.15, 0.2) is 24.3 Å². The highest BCUT2D eigenvalue weighted by Gasteiger charge is 2.26. The summed E-state index contributed by atoms with van der Waals surface area (Å²) in [4.78, 5) is 14.2. The van der Waals surface area contributed by atoms with E-state index in [4.69, 9.17) is 0 Å². The summed E-state index contributed by atoms with van der Waals surface area (Å²) in [6, 6.07) is 7.82. The number of carbonyl (C=O) groups is 1. The Morgan fingerprint density at radius 1 is 1.44 bits per heavy atom. The minimum atomic E-state index is 0.189. The monoisotopic (exact) mass is 235 g/mol. The van der Waals surface area contributed by atoms with E-state index in [-0.39, 0.29) is 5.91 Å². The molecule has 1 aromatic carbocycles. The van der Waals surface area contributed by atoms with E-state index in [1.165, 1.54) is 0 Å². The highest BCUT2D eigenvalue weighted by atomic mass is 32.2. The Morgan fingerprint density at radius 3 is 2.81 bits per heavy atom. The summed E-state index contributed by atoms with van der Waals surface area (Å²) in [5, 5.41) is 0.618. The van der Waals surface area contributed by atoms with Gasteiger partial charge in [0.15, 0.2) is 0 Å². The maximum absolute atomic E-state index is 12.2. The van der Waals surface area contributed by atoms with Gasteiger partial charge in [-0.05, 0) is 31.2 Å². The standard InChI is InChI=1S/C13H17NOS/c1-10-5-3-4-6-12(10)13(15)14-8-7-11(9-14)16-2/h3-6,11H,7-9H2,1-2H3/t11-/m1/s1. The molecule has 0 aliphatic carbocycles. The molecule has 1 aromatic rings. The van der Waals surface area contributed by atoms with Crippen molar-refractivity contribution in [2.75, 3.05) is 19.3 Å². The number of thioether (sulfide) groups is 1. The quantitative estimate of drug-likeness (QED) is 0.785. The molecule has 16 heavy (non-hydrogen) atoms. The van der Waals surface area contributed by atoms with Gasteiger partial charge in [-0.3, -0.25) is 4.79 Å². The lowest BCUT2D eigenvalue weighted by Gasteiger charge is -2.17. The topological polar surface area (TPSA) is 20.3 Å². The van der Waals surface area contributed by atoms with E-state index in [0.29, 0.717) is 5.25 Å². The molecule has 0 spiro atoms. The zero-order chi connectivity index (χ0) is 11.5. The average Bonchev–Trinajstić information content (AvgIpc) is 2.77. The Balaban J connectivity index is 2.12. The van der Waals surface area contributed by atoms with Crippen molar-refractivity contribution in [2.24, 2.45) is 0 Å². The second-order valence-corrected chi connectivity index (χ2v) is 5.35. The van der Waals surface area contributed by atoms with E-state index in [2.05, 4.69) is 6.26 Å². The Labute approximate surface area is 101 Å². The van der Waals surface area contributed by atoms with Crippen molar-refractivity contribution in [1.82, 2.24) is 4.90 Å². The van der Waals surface area contributed by atoms with Crippen molar-refractivity contribution in [1.29, 1.82) is 0 Å². The lowest BCUT2D eigenvalue weighted by atomic mass is 10.1. The first-order valence-electron chi connectivity index (χ1n) is 5.60. The maximum Gasteiger partial charge on any atom is 0.254 e. The Morgan fingerprint density at radius 2 is 2.19 bits per heavy atom. The zero-order valence-corrected chi connectivity index (χ0v) is 10.6. The van der Waals surface area contributed by atoms with Gasteiger partial charge in [0.25, 0.3) is 5.91 Å². The van der Waals surface area contributed by atoms with Crippen LogP contribution in [-0.4, -0.2) is 35.4 Å². The van der Waals surface area contributed by atoms with Gasteiger partial charge in [-0.1, -0.05) is 18.2 Å². The number of amides is 1. The highest BCUT2D eigenvalue weighted by molar-refractivity contribution is 7.99. The van der Waals surface area contributed by atoms with Crippen LogP contribution in [0.5, 0.6) is 0 Å². The summed E-state index contributed by atoms with van der Waals surface area (Å²) < 4.78 is 0. The number of nitrogens with zero attached hydrogens (tertiary/aromatic N) is 1. The summed E-state index contributed by atoms with van der Waals surface area (Å²) in [5.41, 5.74) is 1.92. The van der Waals surface area contributed by atoms with Gasteiger partial charge in [-0.25, -0.2) is 0 Å². The summed E-state index contributed by atoms with van der Waals surface area (Å²) in [7, 11) is 0. The summed E-state index contributed by atoms with van der Waals surface area (Å²) in [6.45, 7) is 3.79. The van der Waals surface area contributed by atoms with E-state index in [1.54, 1.807) is 0 Å². The first kappa shape index (κ1) is 11.5. The smallest absolute Gasteiger partial charge is 0.254 e. The molecule has 0 radical (unpaired) electrons. The van der Waals surface area contributed by atoms with Crippen LogP contribution in [0.4, 0.5) is 0 Å². The SMILES string of the molecule is CS[C@@H]1CCN(C(=O)c2ccccc2C)C1. The van der Waals surface area contributed by atoms with Crippen LogP contribution in [0.25, 0.3) is 0 Å². The van der Waals surface area contributed by atoms with Crippen LogP contribution in [-0.2, 0) is 0 Å². The second kappa shape index (κ2) is 4.91. The average molecular weight is 235 g/mol. The van der Waals surface area contributed by atoms with Gasteiger partial charge in [0, 0.05) is 23.9 Å². The fourth-order valence-electron chi connectivity index (χ4n) is 2.09. The third-order valence-electron chi connectivity index (χ3n) is 3.14. The molecule has 0 N–H and O–H groups in total. The minimum absolute atomic E-state index is 0.189. The van der Waals surface area contributed by atoms with Crippen molar-refractivity contribution in [3.63, 3.8) is 0 Å². The lowest BCUT2D eigenvalue weighted by Crippen LogP contribution is -2.29. The maximum atomic E-state index is 12.2. The fourth-order valence-corrected chi connectivity index (χ4v) is 2.76. The summed E-state index contributed by atoms with van der Waals surface area (Å²) in [5.74, 6) is 0.189. The van der Waals surface area contributed by atoms with Crippen molar-refractivity contribution < 1.29 is 4.79 Å². The Kier molecular flexibility index (Phi) is 3.54. The number of likely N-dealkylation sites (tertiary alicyclic amines) is 1. The molecule has 1 atom stereocenters. The van der Waals surface area contributed by atoms with Gasteiger partial charge in [-0.15, -0.1) is 0 Å². The molecule has 1 aliphatic rings. The van der Waals surface area contributed by atoms with Crippen LogP contribution in [0.1, 0.15) is 22.3 Å². The van der Waals surface area contributed by atoms with Crippen LogP contribution >= 0.6 is 11.8 Å². The van der Waals surface area contributed by atoms with Gasteiger partial charge >= 0.3 is 0 Å². The normalized spacial score (nSPS) is 20.1. The van der Waals surface area contributed by atoms with E-state index in [1.807, 2.05) is 47.9 Å². The largest absolute Gasteiger partial charge is 0.337 e. The van der Waals surface area contributed by atoms with Crippen LogP contribution < -0.4 is 0 Å². The number of hydrogen-bond acceptors (Lipinski definition) is 2. The molecule has 1 heterocycles. The molecule has 3 heteroatoms. The van der Waals surface area contributed by atoms with E-state index >= 15 is 0 Å². The van der Waals surface area contributed by atoms with Gasteiger partial charge < -0.3 is 4.90 Å². The Bertz CT molecular complexity index is 391. The van der Waals surface area contributed by atoms with Crippen LogP contribution in [0, 0.1) is 6.92 Å². The molecule has 1 aliphatic heterocycles. The van der Waals surface area contributed by atoms with Crippen LogP contribution in [0.2, 0.25) is 0 Å². The van der Waals surface area contributed by atoms with Crippen molar-refractivity contribution in [3.8, 4) is 0 Å². The molecule has 86 valence electrons. The third-order valence-corrected chi connectivity index (χ3v) is 4.19. The summed E-state index contributed by atoms with van der Waals surface area (Å²) >= 11 is 1.86. The number of rotatable bonds is 2. The molecule has 1 saturated heterocycles. The predicted molar refractivity (Wildman–Crippen MR) is 69.0 cm³/mol. The molecule has 0 aromatic heterocycles. The number of carbonyl (C=O) groups excluding carboxylic acids is 1. The fraction of sp³-hybridized carbons (Fsp3) is 0.462. The third kappa shape index (κ3) is 2.24. The van der Waals surface area contributed by atoms with Crippen molar-refractivity contribution in [2.45, 2.75) is 18.6 Å². The molecular weight excluding hydrogens is 218 g/mol. The second-order valence-electron chi connectivity index (χ2n) is 4.21. The zero-order valence-electron chi connectivity index (χ0n) is 9.77. The van der Waals surface area contributed by atoms with Gasteiger partial charge in [0.05, 0.1) is 0 Å². The van der Waals surface area contributed by atoms with Crippen molar-refractivity contribution in [3.05, 3.63) is 35.4 Å². The molecule has 2 nitrogen and oxygen atoms in total. The first-order chi connectivity index (χ1) is 7.72. The van der Waals surface area contributed by atoms with E-state index in [9.17, 15) is 4.79 Å². The molecule has 0 unspecified atom stereocenters. The van der Waals surface area contributed by atoms with Gasteiger partial charge in [0.2, 0.25) is 0 Å². The predicted octanol–water partition coefficient (Wildman–Crippen LogP) is 2.57. The summed E-state index contributed by atoms with van der Waals surface area (Å²) in [6.07, 6.45) is 3.24. The van der Waals surface area contributed by atoms with Gasteiger partial charge in [0.1, 0.15) is 0 Å². The lowest BCUT2D eigenvalue weighted by molar-refractivity contribution is 0.0792. The Hall–Kier alpha value is -0.960. The highest BCUT2D eigenvalue weighted by Crippen LogP contribution is 2.22. The molecule has 2 rings (SSSR count). The molecule has 1 amide bonds. The number of hydrogen-bond donors (Lipinski definition) is 0. The van der Waals surface area contributed by atoms with Crippen molar-refractivity contribution >= 4 is 17.7 Å². The van der Waals surface area contributed by atoms with Gasteiger partial charge in [-0.2, -0.15) is 11.8 Å². The number of aryl methyl sites for hydroxylation is 1. The molecular formula is C13H17NOS. The first-order valence-corrected chi connectivity index (χ1v) is 6.89. The van der Waals surface area contributed by atoms with Crippen LogP contribution in [0.3, 0.4) is 0 Å². The van der Waals surface area contributed by atoms with E-state index in [0.717, 1.165) is 30.6 Å². The minimum Gasteiger partial charge on any atom is -0.337 e. The molecule has 0 saturated carbocycles. The van der Waals surface area contributed by atoms with E-state index < -0.39 is 0 Å². The molecule has 0 bridgehead atoms. The number of benzene rings is 1. The molecule has 1 fully saturated rings.